The Balaban J connectivity index is 2.96. The average molecular weight is 234 g/mol. The highest BCUT2D eigenvalue weighted by atomic mass is 16.5. The quantitative estimate of drug-likeness (QED) is 0.378. The highest BCUT2D eigenvalue weighted by Gasteiger charge is 2.12. The molecule has 0 amide bonds. The van der Waals surface area contributed by atoms with E-state index in [1.165, 1.54) is 14.0 Å². The van der Waals surface area contributed by atoms with Crippen LogP contribution in [0.4, 0.5) is 5.69 Å². The molecule has 0 aromatic heterocycles. The molecule has 1 aromatic carbocycles. The molecule has 1 N–H and O–H groups in total. The first-order chi connectivity index (χ1) is 8.04. The number of nitrogens with zero attached hydrogens (tertiary/aromatic N) is 2. The first-order valence-corrected chi connectivity index (χ1v) is 5.01. The maximum absolute atomic E-state index is 11.2. The number of methoxy groups -OCH3 is 1. The molecule has 0 radical (unpaired) electrons. The van der Waals surface area contributed by atoms with Crippen molar-refractivity contribution < 1.29 is 14.6 Å². The number of carbonyl (C=O) groups is 1. The van der Waals surface area contributed by atoms with E-state index in [2.05, 4.69) is 15.0 Å². The van der Waals surface area contributed by atoms with E-state index < -0.39 is 5.97 Å². The summed E-state index contributed by atoms with van der Waals surface area (Å²) >= 11 is 0. The molecule has 0 aliphatic carbocycles. The third-order valence-corrected chi connectivity index (χ3v) is 1.99. The predicted octanol–water partition coefficient (Wildman–Crippen LogP) is 3.04. The van der Waals surface area contributed by atoms with Crippen LogP contribution in [0.15, 0.2) is 46.0 Å². The van der Waals surface area contributed by atoms with Gasteiger partial charge in [-0.3, -0.25) is 0 Å². The highest BCUT2D eigenvalue weighted by Crippen LogP contribution is 2.16. The van der Waals surface area contributed by atoms with Crippen molar-refractivity contribution in [3.8, 4) is 0 Å². The molecule has 0 saturated carbocycles. The lowest BCUT2D eigenvalue weighted by Gasteiger charge is -1.99. The zero-order valence-electron chi connectivity index (χ0n) is 9.97. The van der Waals surface area contributed by atoms with Crippen LogP contribution >= 0.6 is 0 Å². The molecule has 0 heterocycles. The number of aliphatic hydroxyl groups excluding tert-OH is 1. The topological polar surface area (TPSA) is 71.2 Å². The number of allylic oxidation sites excluding steroid dienone is 1. The Morgan fingerprint density at radius 3 is 2.65 bits per heavy atom. The number of aryl methyl sites for hydroxylation is 1. The molecule has 1 aromatic rings. The summed E-state index contributed by atoms with van der Waals surface area (Å²) in [6.45, 7) is 3.27. The standard InChI is InChI=1S/C12H14N2O3/c1-8-5-4-6-10(7-8)13-14-11(9(2)15)12(16)17-3/h4-7,15H,1-3H3/b11-9+,14-13?. The third kappa shape index (κ3) is 3.71. The summed E-state index contributed by atoms with van der Waals surface area (Å²) < 4.78 is 4.48. The van der Waals surface area contributed by atoms with Crippen LogP contribution in [0.5, 0.6) is 0 Å². The number of hydrogen-bond donors (Lipinski definition) is 1. The Kier molecular flexibility index (Phi) is 4.39. The van der Waals surface area contributed by atoms with Crippen LogP contribution in [-0.2, 0) is 9.53 Å². The normalized spacial score (nSPS) is 12.4. The number of hydrogen-bond acceptors (Lipinski definition) is 5. The molecule has 17 heavy (non-hydrogen) atoms. The zero-order valence-corrected chi connectivity index (χ0v) is 9.97. The van der Waals surface area contributed by atoms with Gasteiger partial charge in [0.1, 0.15) is 5.76 Å². The van der Waals surface area contributed by atoms with E-state index in [0.717, 1.165) is 5.56 Å². The molecule has 0 fully saturated rings. The molecule has 5 nitrogen and oxygen atoms in total. The minimum Gasteiger partial charge on any atom is -0.510 e. The van der Waals surface area contributed by atoms with Gasteiger partial charge >= 0.3 is 5.97 Å². The Hall–Kier alpha value is -2.17. The summed E-state index contributed by atoms with van der Waals surface area (Å²) in [5.41, 5.74) is 1.44. The van der Waals surface area contributed by atoms with Gasteiger partial charge in [0.05, 0.1) is 12.8 Å². The molecule has 0 aliphatic rings. The van der Waals surface area contributed by atoms with Crippen LogP contribution in [-0.4, -0.2) is 18.2 Å². The average Bonchev–Trinajstić information content (AvgIpc) is 2.28. The molecular formula is C12H14N2O3. The number of rotatable bonds is 3. The van der Waals surface area contributed by atoms with E-state index in [1.807, 2.05) is 25.1 Å². The molecule has 0 atom stereocenters. The summed E-state index contributed by atoms with van der Waals surface area (Å²) in [4.78, 5) is 11.2. The van der Waals surface area contributed by atoms with Gasteiger partial charge < -0.3 is 9.84 Å². The Bertz CT molecular complexity index is 474. The molecule has 1 rings (SSSR count). The number of aliphatic hydroxyl groups is 1. The fourth-order valence-corrected chi connectivity index (χ4v) is 1.16. The van der Waals surface area contributed by atoms with Crippen molar-refractivity contribution in [3.05, 3.63) is 41.3 Å². The molecule has 5 heteroatoms. The number of azo groups is 1. The summed E-state index contributed by atoms with van der Waals surface area (Å²) in [5, 5.41) is 16.8. The van der Waals surface area contributed by atoms with E-state index in [-0.39, 0.29) is 11.5 Å². The van der Waals surface area contributed by atoms with E-state index >= 15 is 0 Å². The number of carbonyl (C=O) groups excluding carboxylic acids is 1. The van der Waals surface area contributed by atoms with E-state index in [1.54, 1.807) is 6.07 Å². The van der Waals surface area contributed by atoms with Crippen LogP contribution in [0.2, 0.25) is 0 Å². The summed E-state index contributed by atoms with van der Waals surface area (Å²) in [7, 11) is 1.22. The molecule has 0 unspecified atom stereocenters. The van der Waals surface area contributed by atoms with E-state index in [0.29, 0.717) is 5.69 Å². The number of benzene rings is 1. The van der Waals surface area contributed by atoms with Crippen LogP contribution in [0, 0.1) is 6.92 Å². The van der Waals surface area contributed by atoms with Crippen LogP contribution in [0.25, 0.3) is 0 Å². The maximum Gasteiger partial charge on any atom is 0.362 e. The van der Waals surface area contributed by atoms with Gasteiger partial charge in [-0.25, -0.2) is 4.79 Å². The van der Waals surface area contributed by atoms with Gasteiger partial charge in [-0.1, -0.05) is 12.1 Å². The predicted molar refractivity (Wildman–Crippen MR) is 63.0 cm³/mol. The van der Waals surface area contributed by atoms with Crippen molar-refractivity contribution in [3.63, 3.8) is 0 Å². The molecule has 90 valence electrons. The largest absolute Gasteiger partial charge is 0.510 e. The van der Waals surface area contributed by atoms with Crippen molar-refractivity contribution in [2.45, 2.75) is 13.8 Å². The summed E-state index contributed by atoms with van der Waals surface area (Å²) in [6.07, 6.45) is 0. The number of ether oxygens (including phenoxy) is 1. The smallest absolute Gasteiger partial charge is 0.362 e. The second-order valence-corrected chi connectivity index (χ2v) is 3.46. The maximum atomic E-state index is 11.2. The van der Waals surface area contributed by atoms with Crippen molar-refractivity contribution in [1.29, 1.82) is 0 Å². The van der Waals surface area contributed by atoms with Crippen molar-refractivity contribution in [2.24, 2.45) is 10.2 Å². The van der Waals surface area contributed by atoms with E-state index in [9.17, 15) is 9.90 Å². The first kappa shape index (κ1) is 12.9. The van der Waals surface area contributed by atoms with Gasteiger partial charge in [-0.15, -0.1) is 5.11 Å². The van der Waals surface area contributed by atoms with Gasteiger partial charge in [0, 0.05) is 0 Å². The van der Waals surface area contributed by atoms with E-state index in [4.69, 9.17) is 0 Å². The molecular weight excluding hydrogens is 220 g/mol. The van der Waals surface area contributed by atoms with Gasteiger partial charge in [-0.2, -0.15) is 5.11 Å². The lowest BCUT2D eigenvalue weighted by Crippen LogP contribution is -2.04. The Morgan fingerprint density at radius 1 is 1.41 bits per heavy atom. The molecule has 0 spiro atoms. The SMILES string of the molecule is COC(=O)/C(N=Nc1cccc(C)c1)=C(/C)O. The fraction of sp³-hybridized carbons (Fsp3) is 0.250. The van der Waals surface area contributed by atoms with Crippen LogP contribution in [0.3, 0.4) is 0 Å². The lowest BCUT2D eigenvalue weighted by molar-refractivity contribution is -0.136. The van der Waals surface area contributed by atoms with Crippen LogP contribution < -0.4 is 0 Å². The monoisotopic (exact) mass is 234 g/mol. The van der Waals surface area contributed by atoms with Gasteiger partial charge in [0.2, 0.25) is 5.70 Å². The Morgan fingerprint density at radius 2 is 2.12 bits per heavy atom. The number of esters is 1. The molecule has 0 bridgehead atoms. The van der Waals surface area contributed by atoms with Crippen molar-refractivity contribution in [1.82, 2.24) is 0 Å². The van der Waals surface area contributed by atoms with Gasteiger partial charge in [0.15, 0.2) is 0 Å². The minimum absolute atomic E-state index is 0.200. The van der Waals surface area contributed by atoms with Crippen molar-refractivity contribution in [2.75, 3.05) is 7.11 Å². The fourth-order valence-electron chi connectivity index (χ4n) is 1.16. The Labute approximate surface area is 99.4 Å². The lowest BCUT2D eigenvalue weighted by atomic mass is 10.2. The van der Waals surface area contributed by atoms with Gasteiger partial charge in [-0.05, 0) is 31.5 Å². The summed E-state index contributed by atoms with van der Waals surface area (Å²) in [5.74, 6) is -0.949. The van der Waals surface area contributed by atoms with Crippen molar-refractivity contribution >= 4 is 11.7 Å². The minimum atomic E-state index is -0.721. The molecule has 0 aliphatic heterocycles. The molecule has 0 saturated heterocycles. The van der Waals surface area contributed by atoms with Gasteiger partial charge in [0.25, 0.3) is 0 Å². The third-order valence-electron chi connectivity index (χ3n) is 1.99. The first-order valence-electron chi connectivity index (χ1n) is 5.01. The zero-order chi connectivity index (χ0) is 12.8. The van der Waals surface area contributed by atoms with Crippen LogP contribution in [0.1, 0.15) is 12.5 Å². The second kappa shape index (κ2) is 5.79. The highest BCUT2D eigenvalue weighted by molar-refractivity contribution is 5.88. The summed E-state index contributed by atoms with van der Waals surface area (Å²) in [6, 6.07) is 7.31. The second-order valence-electron chi connectivity index (χ2n) is 3.46.